The van der Waals surface area contributed by atoms with E-state index in [0.717, 1.165) is 12.7 Å². The molecule has 0 radical (unpaired) electrons. The minimum atomic E-state index is -3.63. The molecule has 0 aromatic heterocycles. The third-order valence-corrected chi connectivity index (χ3v) is 4.16. The second-order valence-corrected chi connectivity index (χ2v) is 8.47. The van der Waals surface area contributed by atoms with E-state index in [9.17, 15) is 23.1 Å². The molecule has 2 aromatic carbocycles. The van der Waals surface area contributed by atoms with Crippen molar-refractivity contribution >= 4 is 45.4 Å². The third-order valence-electron chi connectivity index (χ3n) is 3.56. The molecule has 0 heterocycles. The lowest BCUT2D eigenvalue weighted by atomic mass is 10.1. The first-order valence-electron chi connectivity index (χ1n) is 9.08. The maximum Gasteiger partial charge on any atom is 0.308 e. The number of nitrogens with zero attached hydrogens (tertiary/aromatic N) is 1. The molecule has 0 fully saturated rings. The number of anilines is 2. The third kappa shape index (κ3) is 7.30. The Hall–Kier alpha value is -3.60. The molecule has 3 N–H and O–H groups in total. The van der Waals surface area contributed by atoms with Gasteiger partial charge in [-0.25, -0.2) is 13.4 Å². The number of ether oxygens (including phenoxy) is 2. The van der Waals surface area contributed by atoms with Crippen molar-refractivity contribution in [2.45, 2.75) is 26.9 Å². The maximum atomic E-state index is 12.8. The molecule has 0 aliphatic carbocycles. The number of para-hydroxylation sites is 1. The van der Waals surface area contributed by atoms with Crippen molar-refractivity contribution in [1.29, 1.82) is 0 Å². The molecule has 0 saturated carbocycles. The number of carbonyl (C=O) groups is 2. The number of carbonyl (C=O) groups excluding carboxylic acids is 2. The molecule has 31 heavy (non-hydrogen) atoms. The van der Waals surface area contributed by atoms with Crippen molar-refractivity contribution < 1.29 is 32.6 Å². The van der Waals surface area contributed by atoms with Crippen LogP contribution in [0.3, 0.4) is 0 Å². The van der Waals surface area contributed by atoms with Gasteiger partial charge in [0, 0.05) is 19.1 Å². The molecule has 0 unspecified atom stereocenters. The molecule has 0 atom stereocenters. The van der Waals surface area contributed by atoms with E-state index >= 15 is 0 Å². The molecule has 11 heteroatoms. The first-order valence-corrected chi connectivity index (χ1v) is 11.0. The number of esters is 1. The van der Waals surface area contributed by atoms with Gasteiger partial charge in [-0.3, -0.25) is 14.3 Å². The average molecular weight is 449 g/mol. The van der Waals surface area contributed by atoms with Crippen LogP contribution in [0.4, 0.5) is 17.1 Å². The Balaban J connectivity index is 2.42. The summed E-state index contributed by atoms with van der Waals surface area (Å²) in [5.41, 5.74) is -0.0491. The van der Waals surface area contributed by atoms with Crippen LogP contribution in [-0.4, -0.2) is 44.2 Å². The number of phenolic OH excluding ortho intramolecular Hbond substituents is 1. The number of benzene rings is 2. The molecule has 0 aliphatic rings. The van der Waals surface area contributed by atoms with Crippen molar-refractivity contribution in [3.8, 4) is 11.5 Å². The monoisotopic (exact) mass is 449 g/mol. The Morgan fingerprint density at radius 2 is 1.84 bits per heavy atom. The first-order chi connectivity index (χ1) is 14.5. The lowest BCUT2D eigenvalue weighted by Gasteiger charge is -2.14. The lowest BCUT2D eigenvalue weighted by Crippen LogP contribution is -2.17. The Kier molecular flexibility index (Phi) is 7.59. The van der Waals surface area contributed by atoms with Crippen molar-refractivity contribution in [3.05, 3.63) is 42.0 Å². The van der Waals surface area contributed by atoms with Gasteiger partial charge in [0.15, 0.2) is 12.2 Å². The molecule has 166 valence electrons. The molecule has 2 rings (SSSR count). The molecule has 0 spiro atoms. The summed E-state index contributed by atoms with van der Waals surface area (Å²) >= 11 is 0. The fraction of sp³-hybridized carbons (Fsp3) is 0.250. The van der Waals surface area contributed by atoms with Gasteiger partial charge < -0.3 is 19.9 Å². The molecule has 1 amide bonds. The Morgan fingerprint density at radius 3 is 2.45 bits per heavy atom. The van der Waals surface area contributed by atoms with Crippen LogP contribution in [0.15, 0.2) is 41.4 Å². The second-order valence-electron chi connectivity index (χ2n) is 6.73. The van der Waals surface area contributed by atoms with E-state index in [2.05, 4.69) is 15.0 Å². The largest absolute Gasteiger partial charge is 0.504 e. The molecule has 0 saturated heterocycles. The number of rotatable bonds is 8. The molecule has 0 aliphatic heterocycles. The van der Waals surface area contributed by atoms with Gasteiger partial charge in [-0.15, -0.1) is 0 Å². The van der Waals surface area contributed by atoms with E-state index in [0.29, 0.717) is 0 Å². The van der Waals surface area contributed by atoms with Crippen LogP contribution in [0.1, 0.15) is 31.1 Å². The predicted molar refractivity (Wildman–Crippen MR) is 117 cm³/mol. The van der Waals surface area contributed by atoms with E-state index in [1.807, 2.05) is 0 Å². The van der Waals surface area contributed by atoms with Crippen LogP contribution in [0.2, 0.25) is 0 Å². The summed E-state index contributed by atoms with van der Waals surface area (Å²) in [6, 6.07) is 8.48. The van der Waals surface area contributed by atoms with Crippen LogP contribution >= 0.6 is 0 Å². The van der Waals surface area contributed by atoms with Gasteiger partial charge in [0.25, 0.3) is 5.91 Å². The molecular formula is C20H23N3O7S. The Morgan fingerprint density at radius 1 is 1.16 bits per heavy atom. The average Bonchev–Trinajstić information content (AvgIpc) is 2.63. The van der Waals surface area contributed by atoms with Gasteiger partial charge in [-0.05, 0) is 26.0 Å². The van der Waals surface area contributed by atoms with Gasteiger partial charge in [-0.2, -0.15) is 0 Å². The molecule has 10 nitrogen and oxygen atoms in total. The zero-order valence-corrected chi connectivity index (χ0v) is 18.2. The highest BCUT2D eigenvalue weighted by Gasteiger charge is 2.18. The SMILES string of the molecule is CC(=O)Oc1cc(N=COC(C)C)c(O)c(NC(=O)c2ccccc2NS(C)(=O)=O)c1. The summed E-state index contributed by atoms with van der Waals surface area (Å²) < 4.78 is 35.7. The van der Waals surface area contributed by atoms with Crippen LogP contribution in [0.25, 0.3) is 0 Å². The molecule has 0 bridgehead atoms. The highest BCUT2D eigenvalue weighted by atomic mass is 32.2. The predicted octanol–water partition coefficient (Wildman–Crippen LogP) is 3.03. The number of hydrogen-bond acceptors (Lipinski definition) is 8. The number of nitrogens with one attached hydrogen (secondary N) is 2. The summed E-state index contributed by atoms with van der Waals surface area (Å²) in [5.74, 6) is -1.70. The second kappa shape index (κ2) is 9.94. The summed E-state index contributed by atoms with van der Waals surface area (Å²) in [7, 11) is -3.63. The zero-order valence-electron chi connectivity index (χ0n) is 17.4. The summed E-state index contributed by atoms with van der Waals surface area (Å²) in [5, 5.41) is 13.0. The van der Waals surface area contributed by atoms with Crippen LogP contribution < -0.4 is 14.8 Å². The first kappa shape index (κ1) is 23.7. The van der Waals surface area contributed by atoms with Crippen LogP contribution in [-0.2, 0) is 19.6 Å². The number of sulfonamides is 1. The fourth-order valence-corrected chi connectivity index (χ4v) is 2.96. The van der Waals surface area contributed by atoms with E-state index in [1.54, 1.807) is 26.0 Å². The van der Waals surface area contributed by atoms with Crippen molar-refractivity contribution in [1.82, 2.24) is 0 Å². The number of hydrogen-bond donors (Lipinski definition) is 3. The number of aliphatic imine (C=N–C) groups is 1. The van der Waals surface area contributed by atoms with Gasteiger partial charge in [0.05, 0.1) is 29.3 Å². The zero-order chi connectivity index (χ0) is 23.2. The normalized spacial score (nSPS) is 11.4. The van der Waals surface area contributed by atoms with Crippen molar-refractivity contribution in [2.75, 3.05) is 16.3 Å². The van der Waals surface area contributed by atoms with Gasteiger partial charge in [-0.1, -0.05) is 12.1 Å². The van der Waals surface area contributed by atoms with Gasteiger partial charge in [0.2, 0.25) is 10.0 Å². The minimum absolute atomic E-state index is 0.0124. The summed E-state index contributed by atoms with van der Waals surface area (Å²) in [6.45, 7) is 4.77. The van der Waals surface area contributed by atoms with Crippen LogP contribution in [0.5, 0.6) is 11.5 Å². The van der Waals surface area contributed by atoms with Crippen molar-refractivity contribution in [2.24, 2.45) is 4.99 Å². The number of phenols is 1. The van der Waals surface area contributed by atoms with E-state index in [1.165, 1.54) is 31.2 Å². The quantitative estimate of drug-likeness (QED) is 0.185. The Bertz CT molecular complexity index is 1110. The van der Waals surface area contributed by atoms with Gasteiger partial charge >= 0.3 is 5.97 Å². The van der Waals surface area contributed by atoms with Crippen LogP contribution in [0, 0.1) is 0 Å². The smallest absolute Gasteiger partial charge is 0.308 e. The van der Waals surface area contributed by atoms with E-state index in [4.69, 9.17) is 9.47 Å². The van der Waals surface area contributed by atoms with E-state index < -0.39 is 27.6 Å². The topological polar surface area (TPSA) is 143 Å². The van der Waals surface area contributed by atoms with Gasteiger partial charge in [0.1, 0.15) is 11.4 Å². The Labute approximate surface area is 180 Å². The number of amides is 1. The van der Waals surface area contributed by atoms with Crippen molar-refractivity contribution in [3.63, 3.8) is 0 Å². The fourth-order valence-electron chi connectivity index (χ4n) is 2.38. The van der Waals surface area contributed by atoms with E-state index in [-0.39, 0.29) is 34.5 Å². The lowest BCUT2D eigenvalue weighted by molar-refractivity contribution is -0.131. The maximum absolute atomic E-state index is 12.8. The molecule has 2 aromatic rings. The highest BCUT2D eigenvalue weighted by Crippen LogP contribution is 2.39. The standard InChI is InChI=1S/C20H23N3O7S/c1-12(2)29-11-21-17-9-14(30-13(3)24)10-18(19(17)25)22-20(26)15-7-5-6-8-16(15)23-31(4,27)28/h5-12,23,25H,1-4H3,(H,22,26). The summed E-state index contributed by atoms with van der Waals surface area (Å²) in [6.07, 6.45) is 1.92. The summed E-state index contributed by atoms with van der Waals surface area (Å²) in [4.78, 5) is 28.1. The minimum Gasteiger partial charge on any atom is -0.504 e. The molecular weight excluding hydrogens is 426 g/mol. The number of aromatic hydroxyl groups is 1. The highest BCUT2D eigenvalue weighted by molar-refractivity contribution is 7.92.